The zero-order valence-electron chi connectivity index (χ0n) is 14.2. The molecule has 0 unspecified atom stereocenters. The van der Waals surface area contributed by atoms with Crippen LogP contribution in [0.15, 0.2) is 47.8 Å². The van der Waals surface area contributed by atoms with Crippen LogP contribution in [0.1, 0.15) is 15.9 Å². The number of benzene rings is 2. The van der Waals surface area contributed by atoms with Gasteiger partial charge in [0, 0.05) is 16.5 Å². The summed E-state index contributed by atoms with van der Waals surface area (Å²) in [4.78, 5) is 17.1. The number of aromatic nitrogens is 1. The minimum Gasteiger partial charge on any atom is -0.493 e. The van der Waals surface area contributed by atoms with Crippen molar-refractivity contribution in [2.75, 3.05) is 19.5 Å². The van der Waals surface area contributed by atoms with Crippen molar-refractivity contribution in [3.05, 3.63) is 59.0 Å². The largest absolute Gasteiger partial charge is 0.493 e. The van der Waals surface area contributed by atoms with Crippen molar-refractivity contribution < 1.29 is 14.3 Å². The molecule has 1 N–H and O–H groups in total. The average Bonchev–Trinajstić information content (AvgIpc) is 3.10. The highest BCUT2D eigenvalue weighted by atomic mass is 32.1. The molecule has 1 amide bonds. The predicted octanol–water partition coefficient (Wildman–Crippen LogP) is 4.39. The van der Waals surface area contributed by atoms with Crippen LogP contribution in [-0.2, 0) is 0 Å². The molecular formula is C19H18N2O3S. The quantitative estimate of drug-likeness (QED) is 0.738. The van der Waals surface area contributed by atoms with Gasteiger partial charge in [-0.05, 0) is 24.6 Å². The number of nitrogens with zero attached hydrogens (tertiary/aromatic N) is 1. The highest BCUT2D eigenvalue weighted by Gasteiger charge is 2.16. The van der Waals surface area contributed by atoms with E-state index in [0.717, 1.165) is 16.8 Å². The molecule has 0 bridgehead atoms. The zero-order valence-corrected chi connectivity index (χ0v) is 15.0. The molecular weight excluding hydrogens is 336 g/mol. The first kappa shape index (κ1) is 17.0. The maximum Gasteiger partial charge on any atom is 0.257 e. The molecule has 0 aliphatic rings. The number of aryl methyl sites for hydroxylation is 1. The second kappa shape index (κ2) is 7.36. The Morgan fingerprint density at radius 2 is 1.76 bits per heavy atom. The van der Waals surface area contributed by atoms with E-state index in [4.69, 9.17) is 9.47 Å². The highest BCUT2D eigenvalue weighted by Crippen LogP contribution is 2.31. The van der Waals surface area contributed by atoms with Crippen LogP contribution < -0.4 is 14.8 Å². The van der Waals surface area contributed by atoms with Crippen molar-refractivity contribution in [3.8, 4) is 22.8 Å². The van der Waals surface area contributed by atoms with Gasteiger partial charge in [0.05, 0.1) is 19.9 Å². The summed E-state index contributed by atoms with van der Waals surface area (Å²) in [6.07, 6.45) is 0. The van der Waals surface area contributed by atoms with Gasteiger partial charge in [-0.1, -0.05) is 30.3 Å². The SMILES string of the molecule is COc1cc(C)c(C(=O)Nc2nc(-c3ccccc3)cs2)cc1OC. The topological polar surface area (TPSA) is 60.5 Å². The van der Waals surface area contributed by atoms with Gasteiger partial charge in [0.2, 0.25) is 0 Å². The smallest absolute Gasteiger partial charge is 0.257 e. The molecule has 2 aromatic carbocycles. The number of ether oxygens (including phenoxy) is 2. The van der Waals surface area contributed by atoms with Crippen molar-refractivity contribution >= 4 is 22.4 Å². The van der Waals surface area contributed by atoms with Crippen molar-refractivity contribution in [2.24, 2.45) is 0 Å². The fourth-order valence-corrected chi connectivity index (χ4v) is 3.18. The van der Waals surface area contributed by atoms with Crippen LogP contribution in [0.2, 0.25) is 0 Å². The maximum atomic E-state index is 12.6. The minimum absolute atomic E-state index is 0.229. The van der Waals surface area contributed by atoms with E-state index in [0.29, 0.717) is 22.2 Å². The van der Waals surface area contributed by atoms with E-state index < -0.39 is 0 Å². The number of hydrogen-bond donors (Lipinski definition) is 1. The molecule has 0 aliphatic heterocycles. The van der Waals surface area contributed by atoms with E-state index in [9.17, 15) is 4.79 Å². The Bertz CT molecular complexity index is 891. The van der Waals surface area contributed by atoms with Crippen LogP contribution in [0.25, 0.3) is 11.3 Å². The molecule has 0 atom stereocenters. The highest BCUT2D eigenvalue weighted by molar-refractivity contribution is 7.14. The lowest BCUT2D eigenvalue weighted by Crippen LogP contribution is -2.13. The van der Waals surface area contributed by atoms with Gasteiger partial charge in [0.15, 0.2) is 16.6 Å². The van der Waals surface area contributed by atoms with Crippen LogP contribution >= 0.6 is 11.3 Å². The van der Waals surface area contributed by atoms with Gasteiger partial charge in [0.25, 0.3) is 5.91 Å². The van der Waals surface area contributed by atoms with Crippen LogP contribution in [-0.4, -0.2) is 25.1 Å². The summed E-state index contributed by atoms with van der Waals surface area (Å²) in [7, 11) is 3.11. The van der Waals surface area contributed by atoms with Crippen LogP contribution in [0.3, 0.4) is 0 Å². The number of nitrogens with one attached hydrogen (secondary N) is 1. The summed E-state index contributed by atoms with van der Waals surface area (Å²) in [5, 5.41) is 5.33. The standard InChI is InChI=1S/C19H18N2O3S/c1-12-9-16(23-2)17(24-3)10-14(12)18(22)21-19-20-15(11-25-19)13-7-5-4-6-8-13/h4-11H,1-3H3,(H,20,21,22). The lowest BCUT2D eigenvalue weighted by atomic mass is 10.1. The monoisotopic (exact) mass is 354 g/mol. The molecule has 1 heterocycles. The van der Waals surface area contributed by atoms with Gasteiger partial charge in [-0.25, -0.2) is 4.98 Å². The fourth-order valence-electron chi connectivity index (χ4n) is 2.46. The molecule has 5 nitrogen and oxygen atoms in total. The molecule has 0 saturated heterocycles. The molecule has 0 spiro atoms. The second-order valence-corrected chi connectivity index (χ2v) is 6.24. The number of rotatable bonds is 5. The summed E-state index contributed by atoms with van der Waals surface area (Å²) in [6, 6.07) is 13.3. The Balaban J connectivity index is 1.82. The van der Waals surface area contributed by atoms with Gasteiger partial charge in [-0.2, -0.15) is 0 Å². The number of amides is 1. The van der Waals surface area contributed by atoms with Gasteiger partial charge in [-0.3, -0.25) is 10.1 Å². The fraction of sp³-hybridized carbons (Fsp3) is 0.158. The van der Waals surface area contributed by atoms with E-state index >= 15 is 0 Å². The second-order valence-electron chi connectivity index (χ2n) is 5.38. The van der Waals surface area contributed by atoms with E-state index in [-0.39, 0.29) is 5.91 Å². The van der Waals surface area contributed by atoms with E-state index in [2.05, 4.69) is 10.3 Å². The molecule has 0 aliphatic carbocycles. The van der Waals surface area contributed by atoms with Crippen molar-refractivity contribution in [2.45, 2.75) is 6.92 Å². The number of hydrogen-bond acceptors (Lipinski definition) is 5. The third-order valence-electron chi connectivity index (χ3n) is 3.77. The first-order chi connectivity index (χ1) is 12.1. The third kappa shape index (κ3) is 3.64. The lowest BCUT2D eigenvalue weighted by molar-refractivity contribution is 0.102. The van der Waals surface area contributed by atoms with Gasteiger partial charge < -0.3 is 9.47 Å². The average molecular weight is 354 g/mol. The Hall–Kier alpha value is -2.86. The summed E-state index contributed by atoms with van der Waals surface area (Å²) in [6.45, 7) is 1.86. The molecule has 0 fully saturated rings. The number of thiazole rings is 1. The summed E-state index contributed by atoms with van der Waals surface area (Å²) < 4.78 is 10.5. The summed E-state index contributed by atoms with van der Waals surface area (Å²) in [5.41, 5.74) is 3.18. The van der Waals surface area contributed by atoms with E-state index in [1.165, 1.54) is 11.3 Å². The molecule has 3 aromatic rings. The molecule has 128 valence electrons. The van der Waals surface area contributed by atoms with Gasteiger partial charge in [0.1, 0.15) is 0 Å². The molecule has 1 aromatic heterocycles. The minimum atomic E-state index is -0.229. The lowest BCUT2D eigenvalue weighted by Gasteiger charge is -2.12. The maximum absolute atomic E-state index is 12.6. The van der Waals surface area contributed by atoms with E-state index in [1.54, 1.807) is 26.4 Å². The Morgan fingerprint density at radius 1 is 1.08 bits per heavy atom. The number of carbonyl (C=O) groups is 1. The van der Waals surface area contributed by atoms with Crippen LogP contribution in [0.5, 0.6) is 11.5 Å². The molecule has 0 saturated carbocycles. The molecule has 25 heavy (non-hydrogen) atoms. The third-order valence-corrected chi connectivity index (χ3v) is 4.53. The van der Waals surface area contributed by atoms with Gasteiger partial charge >= 0.3 is 0 Å². The molecule has 6 heteroatoms. The van der Waals surface area contributed by atoms with Crippen molar-refractivity contribution in [1.29, 1.82) is 0 Å². The van der Waals surface area contributed by atoms with Crippen molar-refractivity contribution in [1.82, 2.24) is 4.98 Å². The van der Waals surface area contributed by atoms with Crippen molar-refractivity contribution in [3.63, 3.8) is 0 Å². The Morgan fingerprint density at radius 3 is 2.44 bits per heavy atom. The van der Waals surface area contributed by atoms with E-state index in [1.807, 2.05) is 42.6 Å². The van der Waals surface area contributed by atoms with Crippen LogP contribution in [0.4, 0.5) is 5.13 Å². The Labute approximate surface area is 150 Å². The molecule has 3 rings (SSSR count). The number of methoxy groups -OCH3 is 2. The summed E-state index contributed by atoms with van der Waals surface area (Å²) in [5.74, 6) is 0.881. The number of anilines is 1. The normalized spacial score (nSPS) is 10.4. The number of carbonyl (C=O) groups excluding carboxylic acids is 1. The summed E-state index contributed by atoms with van der Waals surface area (Å²) >= 11 is 1.39. The first-order valence-electron chi connectivity index (χ1n) is 7.67. The van der Waals surface area contributed by atoms with Crippen LogP contribution in [0, 0.1) is 6.92 Å². The Kier molecular flexibility index (Phi) is 5.00. The molecule has 0 radical (unpaired) electrons. The predicted molar refractivity (Wildman–Crippen MR) is 99.8 cm³/mol. The first-order valence-corrected chi connectivity index (χ1v) is 8.55. The zero-order chi connectivity index (χ0) is 17.8. The van der Waals surface area contributed by atoms with Gasteiger partial charge in [-0.15, -0.1) is 11.3 Å².